The van der Waals surface area contributed by atoms with Gasteiger partial charge in [0.2, 0.25) is 0 Å². The van der Waals surface area contributed by atoms with Gasteiger partial charge in [0.15, 0.2) is 5.78 Å². The molecule has 0 fully saturated rings. The predicted octanol–water partition coefficient (Wildman–Crippen LogP) is 5.66. The number of nitrogens with one attached hydrogen (secondary N) is 1. The molecule has 3 rings (SSSR count). The summed E-state index contributed by atoms with van der Waals surface area (Å²) in [5.74, 6) is -0.139. The zero-order valence-electron chi connectivity index (χ0n) is 14.2. The Morgan fingerprint density at radius 3 is 2.26 bits per heavy atom. The second kappa shape index (κ2) is 7.72. The van der Waals surface area contributed by atoms with Crippen LogP contribution < -0.4 is 4.72 Å². The number of Topliss-reactive ketones (excluding diaryl/α,β-unsaturated/α-hetero) is 1. The van der Waals surface area contributed by atoms with Gasteiger partial charge in [-0.1, -0.05) is 53.5 Å². The summed E-state index contributed by atoms with van der Waals surface area (Å²) in [5, 5.41) is 1.01. The maximum Gasteiger partial charge on any atom is 0.261 e. The Morgan fingerprint density at radius 2 is 1.63 bits per heavy atom. The smallest absolute Gasteiger partial charge is 0.261 e. The van der Waals surface area contributed by atoms with Crippen LogP contribution in [0.25, 0.3) is 11.1 Å². The van der Waals surface area contributed by atoms with Gasteiger partial charge in [0.25, 0.3) is 10.0 Å². The van der Waals surface area contributed by atoms with Crippen LogP contribution in [0.1, 0.15) is 17.3 Å². The van der Waals surface area contributed by atoms with Gasteiger partial charge in [0.1, 0.15) is 0 Å². The van der Waals surface area contributed by atoms with E-state index in [2.05, 4.69) is 4.72 Å². The van der Waals surface area contributed by atoms with E-state index in [0.717, 1.165) is 11.1 Å². The molecule has 1 N–H and O–H groups in total. The maximum atomic E-state index is 12.6. The van der Waals surface area contributed by atoms with Gasteiger partial charge < -0.3 is 0 Å². The lowest BCUT2D eigenvalue weighted by Crippen LogP contribution is -2.13. The number of carbonyl (C=O) groups is 1. The second-order valence-corrected chi connectivity index (χ2v) is 8.42. The summed E-state index contributed by atoms with van der Waals surface area (Å²) in [6.07, 6.45) is 0. The predicted molar refractivity (Wildman–Crippen MR) is 109 cm³/mol. The van der Waals surface area contributed by atoms with E-state index in [1.54, 1.807) is 48.5 Å². The van der Waals surface area contributed by atoms with E-state index in [4.69, 9.17) is 23.2 Å². The van der Waals surface area contributed by atoms with Gasteiger partial charge in [-0.3, -0.25) is 9.52 Å². The fourth-order valence-electron chi connectivity index (χ4n) is 2.55. The Hall–Kier alpha value is -2.34. The number of carbonyl (C=O) groups excluding carboxylic acids is 1. The lowest BCUT2D eigenvalue weighted by Gasteiger charge is -2.10. The summed E-state index contributed by atoms with van der Waals surface area (Å²) in [7, 11) is -3.79. The van der Waals surface area contributed by atoms with E-state index in [0.29, 0.717) is 21.3 Å². The number of sulfonamides is 1. The van der Waals surface area contributed by atoms with Crippen molar-refractivity contribution in [1.82, 2.24) is 0 Å². The molecule has 3 aromatic carbocycles. The first-order chi connectivity index (χ1) is 12.8. The molecule has 0 unspecified atom stereocenters. The number of halogens is 2. The summed E-state index contributed by atoms with van der Waals surface area (Å²) in [4.78, 5) is 11.6. The van der Waals surface area contributed by atoms with Crippen LogP contribution in [-0.4, -0.2) is 14.2 Å². The Bertz CT molecular complexity index is 1110. The van der Waals surface area contributed by atoms with Crippen LogP contribution >= 0.6 is 23.2 Å². The quantitative estimate of drug-likeness (QED) is 0.542. The Labute approximate surface area is 167 Å². The summed E-state index contributed by atoms with van der Waals surface area (Å²) in [6, 6.07) is 17.8. The lowest BCUT2D eigenvalue weighted by atomic mass is 10.1. The molecule has 27 heavy (non-hydrogen) atoms. The van der Waals surface area contributed by atoms with Crippen molar-refractivity contribution in [3.63, 3.8) is 0 Å². The number of rotatable bonds is 5. The van der Waals surface area contributed by atoms with Gasteiger partial charge in [-0.15, -0.1) is 0 Å². The van der Waals surface area contributed by atoms with Gasteiger partial charge in [0, 0.05) is 26.9 Å². The van der Waals surface area contributed by atoms with Crippen molar-refractivity contribution in [2.24, 2.45) is 0 Å². The van der Waals surface area contributed by atoms with Crippen LogP contribution in [0.2, 0.25) is 10.0 Å². The monoisotopic (exact) mass is 419 g/mol. The lowest BCUT2D eigenvalue weighted by molar-refractivity contribution is 0.101. The third-order valence-corrected chi connectivity index (χ3v) is 5.87. The van der Waals surface area contributed by atoms with Crippen molar-refractivity contribution in [3.05, 3.63) is 82.3 Å². The largest absolute Gasteiger partial charge is 0.295 e. The van der Waals surface area contributed by atoms with Crippen LogP contribution in [-0.2, 0) is 10.0 Å². The fraction of sp³-hybridized carbons (Fsp3) is 0.0500. The number of anilines is 1. The normalized spacial score (nSPS) is 11.2. The topological polar surface area (TPSA) is 63.2 Å². The molecule has 0 aliphatic carbocycles. The summed E-state index contributed by atoms with van der Waals surface area (Å²) < 4.78 is 27.7. The first-order valence-corrected chi connectivity index (χ1v) is 10.2. The van der Waals surface area contributed by atoms with E-state index in [-0.39, 0.29) is 10.7 Å². The highest BCUT2D eigenvalue weighted by Gasteiger charge is 2.15. The molecule has 0 radical (unpaired) electrons. The van der Waals surface area contributed by atoms with Gasteiger partial charge in [-0.25, -0.2) is 8.42 Å². The Balaban J connectivity index is 1.87. The second-order valence-electron chi connectivity index (χ2n) is 5.89. The van der Waals surface area contributed by atoms with Crippen LogP contribution in [0, 0.1) is 0 Å². The minimum absolute atomic E-state index is 0.101. The average molecular weight is 420 g/mol. The molecule has 7 heteroatoms. The molecule has 0 aliphatic heterocycles. The molecule has 0 heterocycles. The third-order valence-electron chi connectivity index (χ3n) is 3.93. The Kier molecular flexibility index (Phi) is 5.56. The molecule has 3 aromatic rings. The number of hydrogen-bond acceptors (Lipinski definition) is 3. The van der Waals surface area contributed by atoms with Crippen LogP contribution in [0.4, 0.5) is 5.69 Å². The summed E-state index contributed by atoms with van der Waals surface area (Å²) >= 11 is 12.1. The minimum Gasteiger partial charge on any atom is -0.295 e. The van der Waals surface area contributed by atoms with Crippen LogP contribution in [0.3, 0.4) is 0 Å². The van der Waals surface area contributed by atoms with Crippen molar-refractivity contribution in [2.45, 2.75) is 11.8 Å². The first kappa shape index (κ1) is 19.4. The Morgan fingerprint density at radius 1 is 0.926 bits per heavy atom. The molecule has 0 spiro atoms. The third kappa shape index (κ3) is 4.50. The highest BCUT2D eigenvalue weighted by Crippen LogP contribution is 2.31. The van der Waals surface area contributed by atoms with Crippen molar-refractivity contribution in [3.8, 4) is 11.1 Å². The highest BCUT2D eigenvalue weighted by molar-refractivity contribution is 7.92. The summed E-state index contributed by atoms with van der Waals surface area (Å²) in [6.45, 7) is 1.42. The molecule has 0 saturated heterocycles. The minimum atomic E-state index is -3.79. The van der Waals surface area contributed by atoms with Gasteiger partial charge in [-0.2, -0.15) is 0 Å². The van der Waals surface area contributed by atoms with E-state index in [1.807, 2.05) is 0 Å². The summed E-state index contributed by atoms with van der Waals surface area (Å²) in [5.41, 5.74) is 2.29. The first-order valence-electron chi connectivity index (χ1n) is 7.95. The molecule has 0 bridgehead atoms. The molecular weight excluding hydrogens is 405 g/mol. The number of ketones is 1. The van der Waals surface area contributed by atoms with Crippen molar-refractivity contribution < 1.29 is 13.2 Å². The zero-order chi connectivity index (χ0) is 19.6. The average Bonchev–Trinajstić information content (AvgIpc) is 2.62. The molecule has 0 amide bonds. The SMILES string of the molecule is CC(=O)c1cccc(NS(=O)(=O)c2ccc(-c3ccc(Cl)cc3Cl)cc2)c1. The molecular formula is C20H15Cl2NO3S. The molecule has 0 aromatic heterocycles. The highest BCUT2D eigenvalue weighted by atomic mass is 35.5. The molecule has 0 saturated carbocycles. The van der Waals surface area contributed by atoms with E-state index < -0.39 is 10.0 Å². The van der Waals surface area contributed by atoms with E-state index in [9.17, 15) is 13.2 Å². The van der Waals surface area contributed by atoms with Gasteiger partial charge in [-0.05, 0) is 48.9 Å². The van der Waals surface area contributed by atoms with Crippen LogP contribution in [0.5, 0.6) is 0 Å². The molecule has 0 aliphatic rings. The molecule has 0 atom stereocenters. The van der Waals surface area contributed by atoms with Crippen molar-refractivity contribution >= 4 is 44.7 Å². The zero-order valence-corrected chi connectivity index (χ0v) is 16.6. The van der Waals surface area contributed by atoms with Crippen molar-refractivity contribution in [2.75, 3.05) is 4.72 Å². The molecule has 4 nitrogen and oxygen atoms in total. The fourth-order valence-corrected chi connectivity index (χ4v) is 4.12. The van der Waals surface area contributed by atoms with Gasteiger partial charge >= 0.3 is 0 Å². The maximum absolute atomic E-state index is 12.6. The standard InChI is InChI=1S/C20H15Cl2NO3S/c1-13(24)15-3-2-4-17(11-15)23-27(25,26)18-8-5-14(6-9-18)19-10-7-16(21)12-20(19)22/h2-12,23H,1H3. The van der Waals surface area contributed by atoms with Crippen molar-refractivity contribution in [1.29, 1.82) is 0 Å². The van der Waals surface area contributed by atoms with Crippen LogP contribution in [0.15, 0.2) is 71.6 Å². The van der Waals surface area contributed by atoms with Gasteiger partial charge in [0.05, 0.1) is 4.90 Å². The number of hydrogen-bond donors (Lipinski definition) is 1. The van der Waals surface area contributed by atoms with E-state index in [1.165, 1.54) is 25.1 Å². The molecule has 138 valence electrons. The van der Waals surface area contributed by atoms with E-state index >= 15 is 0 Å². The number of benzene rings is 3.